The van der Waals surface area contributed by atoms with E-state index < -0.39 is 48.6 Å². The van der Waals surface area contributed by atoms with E-state index in [4.69, 9.17) is 14.2 Å². The maximum absolute atomic E-state index is 12.8. The van der Waals surface area contributed by atoms with Crippen molar-refractivity contribution >= 4 is 18.0 Å². The summed E-state index contributed by atoms with van der Waals surface area (Å²) in [5, 5.41) is 27.0. The highest BCUT2D eigenvalue weighted by molar-refractivity contribution is 5.97. The monoisotopic (exact) mass is 564 g/mol. The quantitative estimate of drug-likeness (QED) is 0.271. The fourth-order valence-electron chi connectivity index (χ4n) is 4.25. The predicted octanol–water partition coefficient (Wildman–Crippen LogP) is 2.16. The van der Waals surface area contributed by atoms with Gasteiger partial charge in [0.15, 0.2) is 6.29 Å². The maximum Gasteiger partial charge on any atom is 0.407 e. The van der Waals surface area contributed by atoms with E-state index in [1.165, 1.54) is 31.4 Å². The van der Waals surface area contributed by atoms with Crippen molar-refractivity contribution in [2.45, 2.75) is 43.9 Å². The number of rotatable bonds is 10. The second-order valence-corrected chi connectivity index (χ2v) is 9.33. The minimum atomic E-state index is -1.52. The maximum atomic E-state index is 12.8. The van der Waals surface area contributed by atoms with Crippen LogP contribution in [0.2, 0.25) is 0 Å². The van der Waals surface area contributed by atoms with Crippen LogP contribution in [0.1, 0.15) is 31.8 Å². The summed E-state index contributed by atoms with van der Waals surface area (Å²) in [5.41, 5.74) is 1.98. The lowest BCUT2D eigenvalue weighted by atomic mass is 9.96. The third-order valence-electron chi connectivity index (χ3n) is 6.46. The van der Waals surface area contributed by atoms with Gasteiger partial charge in [-0.05, 0) is 29.3 Å². The van der Waals surface area contributed by atoms with Crippen LogP contribution in [0.25, 0.3) is 0 Å². The average molecular weight is 565 g/mol. The highest BCUT2D eigenvalue weighted by Crippen LogP contribution is 2.23. The summed E-state index contributed by atoms with van der Waals surface area (Å²) < 4.78 is 21.8. The molecule has 41 heavy (non-hydrogen) atoms. The van der Waals surface area contributed by atoms with Crippen molar-refractivity contribution in [3.63, 3.8) is 0 Å². The fourth-order valence-corrected chi connectivity index (χ4v) is 4.25. The molecule has 3 aromatic rings. The summed E-state index contributed by atoms with van der Waals surface area (Å²) in [6.07, 6.45) is -6.12. The van der Waals surface area contributed by atoms with Crippen molar-refractivity contribution in [2.75, 3.05) is 13.7 Å². The number of carbonyl (C=O) groups excluding carboxylic acids is 3. The molecule has 0 radical (unpaired) electrons. The van der Waals surface area contributed by atoms with E-state index in [9.17, 15) is 24.6 Å². The van der Waals surface area contributed by atoms with Gasteiger partial charge in [-0.25, -0.2) is 9.59 Å². The van der Waals surface area contributed by atoms with Gasteiger partial charge in [0, 0.05) is 12.1 Å². The van der Waals surface area contributed by atoms with Gasteiger partial charge in [0.05, 0.1) is 19.3 Å². The lowest BCUT2D eigenvalue weighted by Crippen LogP contribution is -2.65. The van der Waals surface area contributed by atoms with Crippen molar-refractivity contribution < 1.29 is 43.5 Å². The number of hydrogen-bond donors (Lipinski definition) is 4. The zero-order valence-corrected chi connectivity index (χ0v) is 22.3. The van der Waals surface area contributed by atoms with Crippen molar-refractivity contribution in [3.05, 3.63) is 107 Å². The summed E-state index contributed by atoms with van der Waals surface area (Å²) in [4.78, 5) is 37.1. The smallest absolute Gasteiger partial charge is 0.407 e. The van der Waals surface area contributed by atoms with Crippen LogP contribution in [-0.2, 0) is 32.2 Å². The zero-order valence-electron chi connectivity index (χ0n) is 22.3. The number of aliphatic hydroxyl groups is 2. The minimum Gasteiger partial charge on any atom is -0.465 e. The number of hydrogen-bond acceptors (Lipinski definition) is 9. The molecule has 1 aliphatic rings. The van der Waals surface area contributed by atoms with Crippen LogP contribution < -0.4 is 10.6 Å². The van der Waals surface area contributed by atoms with Crippen LogP contribution in [0.15, 0.2) is 84.9 Å². The summed E-state index contributed by atoms with van der Waals surface area (Å²) in [6, 6.07) is 23.0. The van der Waals surface area contributed by atoms with Gasteiger partial charge in [0.2, 0.25) is 0 Å². The minimum absolute atomic E-state index is 0.000271. The van der Waals surface area contributed by atoms with Crippen LogP contribution in [0, 0.1) is 0 Å². The van der Waals surface area contributed by atoms with Crippen LogP contribution >= 0.6 is 0 Å². The predicted molar refractivity (Wildman–Crippen MR) is 146 cm³/mol. The highest BCUT2D eigenvalue weighted by Gasteiger charge is 2.46. The van der Waals surface area contributed by atoms with Gasteiger partial charge in [-0.15, -0.1) is 0 Å². The average Bonchev–Trinajstić information content (AvgIpc) is 3.01. The van der Waals surface area contributed by atoms with Crippen LogP contribution in [0.4, 0.5) is 4.79 Å². The molecule has 1 saturated heterocycles. The third kappa shape index (κ3) is 8.12. The van der Waals surface area contributed by atoms with E-state index in [1.807, 2.05) is 48.5 Å². The molecule has 1 heterocycles. The van der Waals surface area contributed by atoms with E-state index in [-0.39, 0.29) is 30.9 Å². The molecular weight excluding hydrogens is 532 g/mol. The third-order valence-corrected chi connectivity index (χ3v) is 6.46. The first-order valence-corrected chi connectivity index (χ1v) is 13.0. The van der Waals surface area contributed by atoms with Gasteiger partial charge in [-0.2, -0.15) is 0 Å². The molecule has 1 fully saturated rings. The lowest BCUT2D eigenvalue weighted by Gasteiger charge is -2.42. The second kappa shape index (κ2) is 14.4. The molecule has 1 aliphatic heterocycles. The molecule has 11 heteroatoms. The van der Waals surface area contributed by atoms with Gasteiger partial charge >= 0.3 is 12.1 Å². The molecule has 5 atom stereocenters. The first-order valence-electron chi connectivity index (χ1n) is 13.0. The molecular formula is C30H32N2O9. The molecule has 0 saturated carbocycles. The fraction of sp³-hybridized carbons (Fsp3) is 0.300. The number of carbonyl (C=O) groups is 3. The Morgan fingerprint density at radius 3 is 2.12 bits per heavy atom. The Labute approximate surface area is 237 Å². The summed E-state index contributed by atoms with van der Waals surface area (Å²) in [7, 11) is 1.24. The van der Waals surface area contributed by atoms with E-state index in [2.05, 4.69) is 15.4 Å². The van der Waals surface area contributed by atoms with E-state index in [1.54, 1.807) is 12.1 Å². The summed E-state index contributed by atoms with van der Waals surface area (Å²) in [5.74, 6) is -1.12. The van der Waals surface area contributed by atoms with Gasteiger partial charge in [-0.1, -0.05) is 66.7 Å². The Balaban J connectivity index is 1.42. The zero-order chi connectivity index (χ0) is 29.2. The van der Waals surface area contributed by atoms with Crippen LogP contribution in [0.3, 0.4) is 0 Å². The molecule has 0 bridgehead atoms. The summed E-state index contributed by atoms with van der Waals surface area (Å²) in [6.45, 7) is -0.110. The first-order chi connectivity index (χ1) is 19.9. The number of esters is 1. The van der Waals surface area contributed by atoms with Crippen molar-refractivity contribution in [3.8, 4) is 0 Å². The Morgan fingerprint density at radius 1 is 0.829 bits per heavy atom. The number of ether oxygens (including phenoxy) is 4. The Hall–Kier alpha value is -4.29. The standard InChI is InChI=1S/C30H32N2O9/c1-38-28(36)22-14-8-13-21(15-22)27(35)31-16-23-25(33)26(34)24(29(41-23)39-17-19-9-4-2-5-10-19)32-30(37)40-18-20-11-6-3-7-12-20/h2-15,23-26,29,33-34H,16-18H2,1H3,(H,31,35)(H,32,37)/t23-,24-,25-,26-,29+/m1/s1. The Kier molecular flexibility index (Phi) is 10.4. The number of amides is 2. The number of alkyl carbamates (subject to hydrolysis) is 1. The van der Waals surface area contributed by atoms with E-state index in [0.717, 1.165) is 11.1 Å². The van der Waals surface area contributed by atoms with Crippen molar-refractivity contribution in [1.82, 2.24) is 10.6 Å². The Morgan fingerprint density at radius 2 is 1.46 bits per heavy atom. The number of aliphatic hydroxyl groups excluding tert-OH is 2. The van der Waals surface area contributed by atoms with Crippen LogP contribution in [0.5, 0.6) is 0 Å². The number of benzene rings is 3. The highest BCUT2D eigenvalue weighted by atomic mass is 16.7. The lowest BCUT2D eigenvalue weighted by molar-refractivity contribution is -0.265. The molecule has 4 rings (SSSR count). The molecule has 0 aliphatic carbocycles. The molecule has 2 amide bonds. The number of methoxy groups -OCH3 is 1. The van der Waals surface area contributed by atoms with Crippen molar-refractivity contribution in [2.24, 2.45) is 0 Å². The molecule has 3 aromatic carbocycles. The van der Waals surface area contributed by atoms with Gasteiger partial charge in [0.1, 0.15) is 31.0 Å². The normalized spacial score (nSPS) is 21.9. The molecule has 0 unspecified atom stereocenters. The molecule has 0 spiro atoms. The topological polar surface area (TPSA) is 153 Å². The van der Waals surface area contributed by atoms with Crippen LogP contribution in [-0.4, -0.2) is 72.5 Å². The molecule has 11 nitrogen and oxygen atoms in total. The van der Waals surface area contributed by atoms with Gasteiger partial charge in [0.25, 0.3) is 5.91 Å². The van der Waals surface area contributed by atoms with Gasteiger partial charge < -0.3 is 39.8 Å². The molecule has 216 valence electrons. The Bertz CT molecular complexity index is 1310. The number of nitrogens with one attached hydrogen (secondary N) is 2. The van der Waals surface area contributed by atoms with Gasteiger partial charge in [-0.3, -0.25) is 4.79 Å². The van der Waals surface area contributed by atoms with E-state index >= 15 is 0 Å². The first kappa shape index (κ1) is 29.7. The second-order valence-electron chi connectivity index (χ2n) is 9.33. The SMILES string of the molecule is COC(=O)c1cccc(C(=O)NC[C@H]2O[C@H](OCc3ccccc3)[C@H](NC(=O)OCc3ccccc3)[C@@H](O)[C@@H]2O)c1. The summed E-state index contributed by atoms with van der Waals surface area (Å²) >= 11 is 0. The van der Waals surface area contributed by atoms with Crippen molar-refractivity contribution in [1.29, 1.82) is 0 Å². The largest absolute Gasteiger partial charge is 0.465 e. The molecule has 0 aromatic heterocycles. The molecule has 4 N–H and O–H groups in total. The van der Waals surface area contributed by atoms with E-state index in [0.29, 0.717) is 0 Å².